The van der Waals surface area contributed by atoms with Crippen LogP contribution in [0.5, 0.6) is 0 Å². The van der Waals surface area contributed by atoms with Gasteiger partial charge in [-0.15, -0.1) is 0 Å². The molecule has 0 saturated carbocycles. The van der Waals surface area contributed by atoms with E-state index in [4.69, 9.17) is 10.00 Å². The fourth-order valence-corrected chi connectivity index (χ4v) is 2.31. The predicted molar refractivity (Wildman–Crippen MR) is 85.2 cm³/mol. The van der Waals surface area contributed by atoms with Gasteiger partial charge in [-0.25, -0.2) is 0 Å². The Morgan fingerprint density at radius 2 is 2.14 bits per heavy atom. The summed E-state index contributed by atoms with van der Waals surface area (Å²) in [7, 11) is 0. The summed E-state index contributed by atoms with van der Waals surface area (Å²) in [5.41, 5.74) is 1.89. The van der Waals surface area contributed by atoms with Crippen LogP contribution in [0, 0.1) is 11.3 Å². The highest BCUT2D eigenvalue weighted by Crippen LogP contribution is 2.17. The van der Waals surface area contributed by atoms with E-state index in [0.717, 1.165) is 38.0 Å². The van der Waals surface area contributed by atoms with Crippen LogP contribution in [0.1, 0.15) is 25.8 Å². The molecule has 0 aliphatic heterocycles. The quantitative estimate of drug-likeness (QED) is 0.759. The molecule has 0 atom stereocenters. The molecule has 21 heavy (non-hydrogen) atoms. The number of nitriles is 1. The van der Waals surface area contributed by atoms with Crippen molar-refractivity contribution in [3.8, 4) is 6.07 Å². The molecule has 0 amide bonds. The maximum Gasteiger partial charge on any atom is 0.0991 e. The summed E-state index contributed by atoms with van der Waals surface area (Å²) in [5, 5.41) is 13.5. The standard InChI is InChI=1S/C17H23N3O/c1-14(2)21-11-3-7-19-8-10-20-9-6-16-12-15(13-18)4-5-17(16)20/h4-6,9,12,14,19H,3,7-8,10-11H2,1-2H3. The van der Waals surface area contributed by atoms with Crippen molar-refractivity contribution < 1.29 is 4.74 Å². The minimum Gasteiger partial charge on any atom is -0.379 e. The number of rotatable bonds is 8. The van der Waals surface area contributed by atoms with Crippen LogP contribution in [0.2, 0.25) is 0 Å². The number of ether oxygens (including phenoxy) is 1. The van der Waals surface area contributed by atoms with E-state index in [2.05, 4.69) is 42.1 Å². The summed E-state index contributed by atoms with van der Waals surface area (Å²) in [6.45, 7) is 7.77. The van der Waals surface area contributed by atoms with Crippen LogP contribution >= 0.6 is 0 Å². The van der Waals surface area contributed by atoms with Gasteiger partial charge < -0.3 is 14.6 Å². The predicted octanol–water partition coefficient (Wildman–Crippen LogP) is 2.92. The van der Waals surface area contributed by atoms with Gasteiger partial charge in [0.1, 0.15) is 0 Å². The normalized spacial score (nSPS) is 11.1. The third-order valence-corrected chi connectivity index (χ3v) is 3.38. The molecule has 1 aromatic heterocycles. The molecule has 112 valence electrons. The lowest BCUT2D eigenvalue weighted by molar-refractivity contribution is 0.0771. The van der Waals surface area contributed by atoms with Crippen molar-refractivity contribution >= 4 is 10.9 Å². The molecule has 4 heteroatoms. The van der Waals surface area contributed by atoms with Crippen LogP contribution in [-0.4, -0.2) is 30.4 Å². The van der Waals surface area contributed by atoms with Gasteiger partial charge in [-0.3, -0.25) is 0 Å². The van der Waals surface area contributed by atoms with Crippen molar-refractivity contribution in [1.82, 2.24) is 9.88 Å². The second-order valence-electron chi connectivity index (χ2n) is 5.42. The van der Waals surface area contributed by atoms with Gasteiger partial charge >= 0.3 is 0 Å². The number of nitrogens with one attached hydrogen (secondary N) is 1. The summed E-state index contributed by atoms with van der Waals surface area (Å²) in [6.07, 6.45) is 3.43. The smallest absolute Gasteiger partial charge is 0.0991 e. The van der Waals surface area contributed by atoms with Crippen molar-refractivity contribution in [2.75, 3.05) is 19.7 Å². The summed E-state index contributed by atoms with van der Waals surface area (Å²) in [4.78, 5) is 0. The number of benzene rings is 1. The molecule has 2 aromatic rings. The zero-order valence-electron chi connectivity index (χ0n) is 12.8. The molecule has 0 unspecified atom stereocenters. The number of hydrogen-bond acceptors (Lipinski definition) is 3. The number of hydrogen-bond donors (Lipinski definition) is 1. The van der Waals surface area contributed by atoms with Gasteiger partial charge in [0, 0.05) is 36.8 Å². The van der Waals surface area contributed by atoms with Gasteiger partial charge in [0.2, 0.25) is 0 Å². The van der Waals surface area contributed by atoms with E-state index < -0.39 is 0 Å². The Morgan fingerprint density at radius 3 is 2.90 bits per heavy atom. The van der Waals surface area contributed by atoms with Crippen LogP contribution in [0.3, 0.4) is 0 Å². The van der Waals surface area contributed by atoms with Gasteiger partial charge in [-0.2, -0.15) is 5.26 Å². The lowest BCUT2D eigenvalue weighted by atomic mass is 10.2. The van der Waals surface area contributed by atoms with Crippen molar-refractivity contribution in [2.45, 2.75) is 32.9 Å². The van der Waals surface area contributed by atoms with Crippen LogP contribution in [0.4, 0.5) is 0 Å². The van der Waals surface area contributed by atoms with E-state index in [1.165, 1.54) is 5.52 Å². The fourth-order valence-electron chi connectivity index (χ4n) is 2.31. The van der Waals surface area contributed by atoms with E-state index in [-0.39, 0.29) is 0 Å². The highest BCUT2D eigenvalue weighted by atomic mass is 16.5. The minimum atomic E-state index is 0.314. The second-order valence-corrected chi connectivity index (χ2v) is 5.42. The van der Waals surface area contributed by atoms with Gasteiger partial charge in [-0.1, -0.05) is 0 Å². The van der Waals surface area contributed by atoms with Gasteiger partial charge in [0.15, 0.2) is 0 Å². The van der Waals surface area contributed by atoms with Gasteiger partial charge in [0.05, 0.1) is 17.7 Å². The molecular weight excluding hydrogens is 262 g/mol. The maximum atomic E-state index is 8.91. The van der Waals surface area contributed by atoms with Crippen LogP contribution in [0.25, 0.3) is 10.9 Å². The monoisotopic (exact) mass is 285 g/mol. The average Bonchev–Trinajstić information content (AvgIpc) is 2.88. The molecular formula is C17H23N3O. The first-order chi connectivity index (χ1) is 10.2. The first-order valence-electron chi connectivity index (χ1n) is 7.52. The van der Waals surface area contributed by atoms with Crippen molar-refractivity contribution in [3.05, 3.63) is 36.0 Å². The molecule has 0 radical (unpaired) electrons. The lowest BCUT2D eigenvalue weighted by Gasteiger charge is -2.09. The van der Waals surface area contributed by atoms with E-state index >= 15 is 0 Å². The number of fused-ring (bicyclic) bond motifs is 1. The van der Waals surface area contributed by atoms with Crippen LogP contribution in [-0.2, 0) is 11.3 Å². The average molecular weight is 285 g/mol. The molecule has 0 bridgehead atoms. The largest absolute Gasteiger partial charge is 0.379 e. The van der Waals surface area contributed by atoms with Crippen LogP contribution in [0.15, 0.2) is 30.5 Å². The Kier molecular flexibility index (Phi) is 5.79. The highest BCUT2D eigenvalue weighted by molar-refractivity contribution is 5.81. The Hall–Kier alpha value is -1.83. The Morgan fingerprint density at radius 1 is 1.29 bits per heavy atom. The number of nitrogens with zero attached hydrogens (tertiary/aromatic N) is 2. The van der Waals surface area contributed by atoms with Gasteiger partial charge in [0.25, 0.3) is 0 Å². The van der Waals surface area contributed by atoms with E-state index in [0.29, 0.717) is 11.7 Å². The molecule has 1 heterocycles. The molecule has 2 rings (SSSR count). The summed E-state index contributed by atoms with van der Waals surface area (Å²) in [6, 6.07) is 10.1. The number of aromatic nitrogens is 1. The maximum absolute atomic E-state index is 8.91. The Labute approximate surface area is 126 Å². The molecule has 0 spiro atoms. The first-order valence-corrected chi connectivity index (χ1v) is 7.52. The Balaban J connectivity index is 1.75. The summed E-state index contributed by atoms with van der Waals surface area (Å²) >= 11 is 0. The molecule has 0 aliphatic rings. The zero-order chi connectivity index (χ0) is 15.1. The van der Waals surface area contributed by atoms with E-state index in [1.54, 1.807) is 0 Å². The first kappa shape index (κ1) is 15.6. The van der Waals surface area contributed by atoms with Crippen molar-refractivity contribution in [3.63, 3.8) is 0 Å². The summed E-state index contributed by atoms with van der Waals surface area (Å²) in [5.74, 6) is 0. The van der Waals surface area contributed by atoms with E-state index in [1.807, 2.05) is 18.2 Å². The minimum absolute atomic E-state index is 0.314. The van der Waals surface area contributed by atoms with Crippen LogP contribution < -0.4 is 5.32 Å². The zero-order valence-corrected chi connectivity index (χ0v) is 12.8. The SMILES string of the molecule is CC(C)OCCCNCCn1ccc2cc(C#N)ccc21. The highest BCUT2D eigenvalue weighted by Gasteiger charge is 2.01. The molecule has 4 nitrogen and oxygen atoms in total. The van der Waals surface area contributed by atoms with Crippen molar-refractivity contribution in [1.29, 1.82) is 5.26 Å². The topological polar surface area (TPSA) is 50.0 Å². The third-order valence-electron chi connectivity index (χ3n) is 3.38. The molecule has 0 fully saturated rings. The Bertz CT molecular complexity index is 610. The molecule has 1 N–H and O–H groups in total. The summed E-state index contributed by atoms with van der Waals surface area (Å²) < 4.78 is 7.72. The van der Waals surface area contributed by atoms with Crippen molar-refractivity contribution in [2.24, 2.45) is 0 Å². The third kappa shape index (κ3) is 4.59. The molecule has 0 aliphatic carbocycles. The lowest BCUT2D eigenvalue weighted by Crippen LogP contribution is -2.22. The fraction of sp³-hybridized carbons (Fsp3) is 0.471. The van der Waals surface area contributed by atoms with E-state index in [9.17, 15) is 0 Å². The molecule has 1 aromatic carbocycles. The van der Waals surface area contributed by atoms with Gasteiger partial charge in [-0.05, 0) is 51.1 Å². The molecule has 0 saturated heterocycles. The second kappa shape index (κ2) is 7.82.